The van der Waals surface area contributed by atoms with Gasteiger partial charge in [-0.05, 0) is 20.3 Å². The predicted octanol–water partition coefficient (Wildman–Crippen LogP) is 2.00. The maximum Gasteiger partial charge on any atom is 0.303 e. The first-order chi connectivity index (χ1) is 22.3. The maximum atomic E-state index is 13.1. The number of esters is 4. The Hall–Kier alpha value is -2.02. The van der Waals surface area contributed by atoms with Crippen LogP contribution in [-0.4, -0.2) is 121 Å². The van der Waals surface area contributed by atoms with E-state index in [-0.39, 0.29) is 13.2 Å². The molecule has 0 bridgehead atoms. The lowest BCUT2D eigenvalue weighted by molar-refractivity contribution is -0.393. The van der Waals surface area contributed by atoms with E-state index in [4.69, 9.17) is 82.2 Å². The fourth-order valence-electron chi connectivity index (χ4n) is 5.31. The Morgan fingerprint density at radius 3 is 2.00 bits per heavy atom. The van der Waals surface area contributed by atoms with Crippen molar-refractivity contribution in [1.82, 2.24) is 5.32 Å². The monoisotopic (exact) mass is 749 g/mol. The first-order valence-corrected chi connectivity index (χ1v) is 16.4. The lowest BCUT2D eigenvalue weighted by atomic mass is 9.94. The molecule has 3 fully saturated rings. The van der Waals surface area contributed by atoms with Crippen molar-refractivity contribution in [2.45, 2.75) is 132 Å². The van der Waals surface area contributed by atoms with Gasteiger partial charge in [-0.2, -0.15) is 0 Å². The van der Waals surface area contributed by atoms with Crippen molar-refractivity contribution in [3.05, 3.63) is 0 Å². The van der Waals surface area contributed by atoms with E-state index in [9.17, 15) is 24.0 Å². The second-order valence-corrected chi connectivity index (χ2v) is 14.0. The van der Waals surface area contributed by atoms with Gasteiger partial charge in [-0.3, -0.25) is 24.0 Å². The summed E-state index contributed by atoms with van der Waals surface area (Å²) in [5.41, 5.74) is 0. The molecule has 3 rings (SSSR count). The summed E-state index contributed by atoms with van der Waals surface area (Å²) in [5, 5.41) is 2.60. The van der Waals surface area contributed by atoms with Gasteiger partial charge in [-0.15, -0.1) is 0 Å². The molecule has 3 aliphatic heterocycles. The van der Waals surface area contributed by atoms with Crippen LogP contribution in [0.5, 0.6) is 0 Å². The third kappa shape index (κ3) is 11.3. The molecule has 274 valence electrons. The number of rotatable bonds is 12. The minimum absolute atomic E-state index is 0.00879. The SMILES string of the molecule is CCCCO[C@@H]1OC2COC(C)(C)O[C@H]2C(O[C@@H]2OC(COC(C)=O)[C@H](OC(C)=O)C(OC(C)=O)[C@@H]2OC(C)=O)[C@@H]1NC(=O)C(Cl)(Cl)Cl. The minimum atomic E-state index is -2.42. The summed E-state index contributed by atoms with van der Waals surface area (Å²) < 4.78 is 56.2. The van der Waals surface area contributed by atoms with Gasteiger partial charge >= 0.3 is 23.9 Å². The molecule has 0 aromatic rings. The van der Waals surface area contributed by atoms with Crippen molar-refractivity contribution in [1.29, 1.82) is 0 Å². The van der Waals surface area contributed by atoms with E-state index in [1.807, 2.05) is 6.92 Å². The van der Waals surface area contributed by atoms with E-state index >= 15 is 0 Å². The number of carbonyl (C=O) groups is 5. The normalized spacial score (nSPS) is 33.0. The Balaban J connectivity index is 2.14. The fourth-order valence-corrected chi connectivity index (χ4v) is 5.48. The van der Waals surface area contributed by atoms with Crippen molar-refractivity contribution in [2.75, 3.05) is 19.8 Å². The summed E-state index contributed by atoms with van der Waals surface area (Å²) in [6, 6.07) is -1.26. The highest BCUT2D eigenvalue weighted by molar-refractivity contribution is 6.76. The molecule has 3 heterocycles. The van der Waals surface area contributed by atoms with Gasteiger partial charge in [0.05, 0.1) is 6.61 Å². The molecule has 48 heavy (non-hydrogen) atoms. The van der Waals surface area contributed by atoms with Crippen LogP contribution in [0.25, 0.3) is 0 Å². The second-order valence-electron chi connectivity index (χ2n) is 11.7. The summed E-state index contributed by atoms with van der Waals surface area (Å²) in [4.78, 5) is 61.7. The van der Waals surface area contributed by atoms with Crippen LogP contribution in [-0.2, 0) is 71.3 Å². The highest BCUT2D eigenvalue weighted by Crippen LogP contribution is 2.38. The number of amides is 1. The Kier molecular flexibility index (Phi) is 14.5. The maximum absolute atomic E-state index is 13.1. The topological polar surface area (TPSA) is 190 Å². The van der Waals surface area contributed by atoms with Crippen LogP contribution >= 0.6 is 34.8 Å². The number of alkyl halides is 3. The van der Waals surface area contributed by atoms with Gasteiger partial charge in [0.25, 0.3) is 9.70 Å². The molecule has 19 heteroatoms. The quantitative estimate of drug-likeness (QED) is 0.132. The summed E-state index contributed by atoms with van der Waals surface area (Å²) in [5.74, 6) is -5.40. The van der Waals surface area contributed by atoms with E-state index in [0.29, 0.717) is 6.42 Å². The molecule has 4 unspecified atom stereocenters. The molecule has 0 aromatic carbocycles. The molecule has 0 saturated carbocycles. The third-order valence-electron chi connectivity index (χ3n) is 7.24. The van der Waals surface area contributed by atoms with Crippen molar-refractivity contribution < 1.29 is 71.3 Å². The second kappa shape index (κ2) is 17.3. The van der Waals surface area contributed by atoms with Crippen LogP contribution < -0.4 is 5.32 Å². The predicted molar refractivity (Wildman–Crippen MR) is 163 cm³/mol. The van der Waals surface area contributed by atoms with E-state index in [0.717, 1.165) is 34.1 Å². The van der Waals surface area contributed by atoms with E-state index in [1.54, 1.807) is 13.8 Å². The van der Waals surface area contributed by atoms with Gasteiger partial charge in [0.2, 0.25) is 0 Å². The van der Waals surface area contributed by atoms with Gasteiger partial charge < -0.3 is 52.7 Å². The van der Waals surface area contributed by atoms with E-state index in [2.05, 4.69) is 5.32 Å². The lowest BCUT2D eigenvalue weighted by Crippen LogP contribution is -2.71. The van der Waals surface area contributed by atoms with Crippen LogP contribution in [0.3, 0.4) is 0 Å². The van der Waals surface area contributed by atoms with Crippen molar-refractivity contribution in [3.63, 3.8) is 0 Å². The molecule has 3 saturated heterocycles. The number of unbranched alkanes of at least 4 members (excludes halogenated alkanes) is 1. The minimum Gasteiger partial charge on any atom is -0.463 e. The van der Waals surface area contributed by atoms with Gasteiger partial charge in [-0.25, -0.2) is 0 Å². The molecule has 3 aliphatic rings. The molecule has 16 nitrogen and oxygen atoms in total. The number of nitrogens with one attached hydrogen (secondary N) is 1. The molecular weight excluding hydrogens is 709 g/mol. The van der Waals surface area contributed by atoms with Gasteiger partial charge in [0, 0.05) is 34.3 Å². The molecule has 0 radical (unpaired) electrons. The van der Waals surface area contributed by atoms with Crippen molar-refractivity contribution in [3.8, 4) is 0 Å². The zero-order chi connectivity index (χ0) is 36.0. The molecule has 0 aromatic heterocycles. The van der Waals surface area contributed by atoms with Crippen LogP contribution in [0.2, 0.25) is 0 Å². The van der Waals surface area contributed by atoms with Crippen molar-refractivity contribution in [2.24, 2.45) is 0 Å². The van der Waals surface area contributed by atoms with Crippen LogP contribution in [0.4, 0.5) is 0 Å². The van der Waals surface area contributed by atoms with Gasteiger partial charge in [-0.1, -0.05) is 48.1 Å². The number of carbonyl (C=O) groups excluding carboxylic acids is 5. The highest BCUT2D eigenvalue weighted by atomic mass is 35.6. The molecule has 0 spiro atoms. The third-order valence-corrected chi connectivity index (χ3v) is 7.75. The standard InChI is InChI=1S/C29H42Cl3NO15/c1-8-9-10-39-25-19(33-27(38)29(30,31)32)22(21-18(45-25)12-41-28(6,7)48-21)47-26-24(44-16(5)37)23(43-15(4)36)20(42-14(3)35)17(46-26)11-40-13(2)34/h17-26H,8-12H2,1-7H3,(H,33,38)/t17?,18?,19-,20-,21+,22?,23?,24-,25+,26-/m0/s1. The Morgan fingerprint density at radius 2 is 1.44 bits per heavy atom. The number of ether oxygens (including phenoxy) is 10. The molecule has 1 N–H and O–H groups in total. The van der Waals surface area contributed by atoms with Crippen molar-refractivity contribution >= 4 is 64.6 Å². The molecule has 1 amide bonds. The number of hydrogen-bond donors (Lipinski definition) is 1. The molecule has 0 aliphatic carbocycles. The van der Waals surface area contributed by atoms with Gasteiger partial charge in [0.15, 0.2) is 36.7 Å². The zero-order valence-corrected chi connectivity index (χ0v) is 29.8. The average Bonchev–Trinajstić information content (AvgIpc) is 2.95. The van der Waals surface area contributed by atoms with Gasteiger partial charge in [0.1, 0.15) is 37.1 Å². The Morgan fingerprint density at radius 1 is 0.833 bits per heavy atom. The average molecular weight is 751 g/mol. The summed E-state index contributed by atoms with van der Waals surface area (Å²) in [6.45, 7) is 9.38. The van der Waals surface area contributed by atoms with Crippen LogP contribution in [0.15, 0.2) is 0 Å². The van der Waals surface area contributed by atoms with Crippen LogP contribution in [0, 0.1) is 0 Å². The Bertz CT molecular complexity index is 1170. The van der Waals surface area contributed by atoms with Crippen LogP contribution in [0.1, 0.15) is 61.3 Å². The first-order valence-electron chi connectivity index (χ1n) is 15.3. The van der Waals surface area contributed by atoms with E-state index in [1.165, 1.54) is 0 Å². The highest BCUT2D eigenvalue weighted by Gasteiger charge is 2.58. The summed E-state index contributed by atoms with van der Waals surface area (Å²) in [7, 11) is 0. The largest absolute Gasteiger partial charge is 0.463 e. The van der Waals surface area contributed by atoms with E-state index < -0.39 is 107 Å². The molecule has 10 atom stereocenters. The molecular formula is C29H42Cl3NO15. The zero-order valence-electron chi connectivity index (χ0n) is 27.6. The lowest BCUT2D eigenvalue weighted by Gasteiger charge is -2.53. The summed E-state index contributed by atoms with van der Waals surface area (Å²) >= 11 is 17.7. The smallest absolute Gasteiger partial charge is 0.303 e. The first kappa shape index (κ1) is 40.4. The fraction of sp³-hybridized carbons (Fsp3) is 0.828. The summed E-state index contributed by atoms with van der Waals surface area (Å²) in [6.07, 6.45) is -10.4. The number of fused-ring (bicyclic) bond motifs is 1. The number of halogens is 3. The number of hydrogen-bond acceptors (Lipinski definition) is 15. The Labute approximate surface area is 292 Å².